The van der Waals surface area contributed by atoms with E-state index >= 15 is 0 Å². The molecule has 110 valence electrons. The molecular formula is C15H22FN3S. The monoisotopic (exact) mass is 295 g/mol. The number of nitrogens with zero attached hydrogens (tertiary/aromatic N) is 1. The van der Waals surface area contributed by atoms with Gasteiger partial charge in [-0.3, -0.25) is 4.99 Å². The SMILES string of the molecule is CN=C(NCCc1ccc(F)cc1)NCC1CCCS1. The van der Waals surface area contributed by atoms with Crippen molar-refractivity contribution >= 4 is 17.7 Å². The Morgan fingerprint density at radius 2 is 2.15 bits per heavy atom. The molecule has 0 amide bonds. The molecule has 0 saturated carbocycles. The van der Waals surface area contributed by atoms with Crippen molar-refractivity contribution < 1.29 is 4.39 Å². The first kappa shape index (κ1) is 15.2. The number of benzene rings is 1. The molecule has 1 fully saturated rings. The third-order valence-corrected chi connectivity index (χ3v) is 4.76. The summed E-state index contributed by atoms with van der Waals surface area (Å²) in [6.07, 6.45) is 3.48. The highest BCUT2D eigenvalue weighted by atomic mass is 32.2. The largest absolute Gasteiger partial charge is 0.356 e. The first-order chi connectivity index (χ1) is 9.78. The minimum Gasteiger partial charge on any atom is -0.356 e. The Labute approximate surface area is 124 Å². The summed E-state index contributed by atoms with van der Waals surface area (Å²) in [6, 6.07) is 6.64. The third-order valence-electron chi connectivity index (χ3n) is 3.36. The minimum atomic E-state index is -0.187. The molecule has 2 rings (SSSR count). The first-order valence-electron chi connectivity index (χ1n) is 7.08. The second-order valence-electron chi connectivity index (χ2n) is 4.89. The van der Waals surface area contributed by atoms with Gasteiger partial charge in [0.25, 0.3) is 0 Å². The second-order valence-corrected chi connectivity index (χ2v) is 6.30. The van der Waals surface area contributed by atoms with Crippen LogP contribution in [0.15, 0.2) is 29.3 Å². The van der Waals surface area contributed by atoms with Crippen molar-refractivity contribution in [1.82, 2.24) is 10.6 Å². The predicted molar refractivity (Wildman–Crippen MR) is 84.9 cm³/mol. The van der Waals surface area contributed by atoms with Gasteiger partial charge in [0.2, 0.25) is 0 Å². The van der Waals surface area contributed by atoms with E-state index in [2.05, 4.69) is 15.6 Å². The van der Waals surface area contributed by atoms with Crippen LogP contribution >= 0.6 is 11.8 Å². The summed E-state index contributed by atoms with van der Waals surface area (Å²) in [5, 5.41) is 7.37. The molecule has 3 nitrogen and oxygen atoms in total. The first-order valence-corrected chi connectivity index (χ1v) is 8.13. The van der Waals surface area contributed by atoms with Gasteiger partial charge in [-0.2, -0.15) is 11.8 Å². The predicted octanol–water partition coefficient (Wildman–Crippen LogP) is 2.43. The van der Waals surface area contributed by atoms with E-state index < -0.39 is 0 Å². The van der Waals surface area contributed by atoms with Crippen molar-refractivity contribution in [2.75, 3.05) is 25.9 Å². The fourth-order valence-corrected chi connectivity index (χ4v) is 3.41. The highest BCUT2D eigenvalue weighted by Gasteiger charge is 2.15. The average Bonchev–Trinajstić information content (AvgIpc) is 2.98. The standard InChI is InChI=1S/C15H22FN3S/c1-17-15(19-11-14-3-2-10-20-14)18-9-8-12-4-6-13(16)7-5-12/h4-7,14H,2-3,8-11H2,1H3,(H2,17,18,19). The van der Waals surface area contributed by atoms with Gasteiger partial charge >= 0.3 is 0 Å². The molecule has 1 heterocycles. The maximum atomic E-state index is 12.8. The normalized spacial score (nSPS) is 19.1. The summed E-state index contributed by atoms with van der Waals surface area (Å²) in [5.74, 6) is 1.94. The lowest BCUT2D eigenvalue weighted by atomic mass is 10.1. The zero-order valence-corrected chi connectivity index (χ0v) is 12.7. The zero-order chi connectivity index (χ0) is 14.2. The number of thioether (sulfide) groups is 1. The molecule has 1 aromatic carbocycles. The number of aliphatic imine (C=N–C) groups is 1. The Morgan fingerprint density at radius 1 is 1.35 bits per heavy atom. The number of hydrogen-bond acceptors (Lipinski definition) is 2. The van der Waals surface area contributed by atoms with E-state index in [1.165, 1.54) is 30.7 Å². The van der Waals surface area contributed by atoms with Gasteiger partial charge in [-0.25, -0.2) is 4.39 Å². The Kier molecular flexibility index (Phi) is 6.18. The molecule has 0 aromatic heterocycles. The molecule has 1 saturated heterocycles. The van der Waals surface area contributed by atoms with Crippen LogP contribution in [0.5, 0.6) is 0 Å². The van der Waals surface area contributed by atoms with E-state index in [-0.39, 0.29) is 5.82 Å². The maximum Gasteiger partial charge on any atom is 0.191 e. The van der Waals surface area contributed by atoms with E-state index in [9.17, 15) is 4.39 Å². The van der Waals surface area contributed by atoms with Crippen LogP contribution < -0.4 is 10.6 Å². The molecule has 0 bridgehead atoms. The summed E-state index contributed by atoms with van der Waals surface area (Å²) in [4.78, 5) is 4.22. The van der Waals surface area contributed by atoms with Gasteiger partial charge < -0.3 is 10.6 Å². The van der Waals surface area contributed by atoms with Crippen LogP contribution in [-0.2, 0) is 6.42 Å². The summed E-state index contributed by atoms with van der Waals surface area (Å²) in [7, 11) is 1.79. The number of halogens is 1. The molecule has 1 aromatic rings. The number of guanidine groups is 1. The van der Waals surface area contributed by atoms with Gasteiger partial charge in [-0.05, 0) is 42.7 Å². The van der Waals surface area contributed by atoms with E-state index in [1.54, 1.807) is 7.05 Å². The summed E-state index contributed by atoms with van der Waals surface area (Å²) in [5.41, 5.74) is 1.13. The van der Waals surface area contributed by atoms with Gasteiger partial charge in [0.05, 0.1) is 0 Å². The molecule has 1 unspecified atom stereocenters. The van der Waals surface area contributed by atoms with Gasteiger partial charge in [0.1, 0.15) is 5.82 Å². The topological polar surface area (TPSA) is 36.4 Å². The van der Waals surface area contributed by atoms with E-state index in [0.717, 1.165) is 31.0 Å². The maximum absolute atomic E-state index is 12.8. The van der Waals surface area contributed by atoms with Crippen LogP contribution in [0.2, 0.25) is 0 Å². The Morgan fingerprint density at radius 3 is 2.80 bits per heavy atom. The van der Waals surface area contributed by atoms with Crippen molar-refractivity contribution in [3.05, 3.63) is 35.6 Å². The molecule has 0 spiro atoms. The van der Waals surface area contributed by atoms with Crippen molar-refractivity contribution in [3.8, 4) is 0 Å². The zero-order valence-electron chi connectivity index (χ0n) is 11.9. The van der Waals surface area contributed by atoms with Crippen LogP contribution in [0, 0.1) is 5.82 Å². The molecule has 2 N–H and O–H groups in total. The fourth-order valence-electron chi connectivity index (χ4n) is 2.21. The lowest BCUT2D eigenvalue weighted by Crippen LogP contribution is -2.40. The molecule has 1 atom stereocenters. The Hall–Kier alpha value is -1.23. The Bertz CT molecular complexity index is 427. The van der Waals surface area contributed by atoms with Crippen LogP contribution in [0.3, 0.4) is 0 Å². The molecule has 0 radical (unpaired) electrons. The van der Waals surface area contributed by atoms with E-state index in [1.807, 2.05) is 23.9 Å². The van der Waals surface area contributed by atoms with E-state index in [0.29, 0.717) is 5.25 Å². The van der Waals surface area contributed by atoms with Crippen molar-refractivity contribution in [3.63, 3.8) is 0 Å². The minimum absolute atomic E-state index is 0.187. The van der Waals surface area contributed by atoms with E-state index in [4.69, 9.17) is 0 Å². The molecule has 1 aliphatic heterocycles. The Balaban J connectivity index is 1.66. The van der Waals surface area contributed by atoms with Crippen molar-refractivity contribution in [2.24, 2.45) is 4.99 Å². The van der Waals surface area contributed by atoms with Gasteiger partial charge in [0, 0.05) is 25.4 Å². The van der Waals surface area contributed by atoms with Crippen LogP contribution in [0.1, 0.15) is 18.4 Å². The quantitative estimate of drug-likeness (QED) is 0.647. The number of rotatable bonds is 5. The molecular weight excluding hydrogens is 273 g/mol. The van der Waals surface area contributed by atoms with Gasteiger partial charge in [-0.1, -0.05) is 12.1 Å². The number of hydrogen-bond donors (Lipinski definition) is 2. The smallest absolute Gasteiger partial charge is 0.191 e. The van der Waals surface area contributed by atoms with Gasteiger partial charge in [-0.15, -0.1) is 0 Å². The van der Waals surface area contributed by atoms with Crippen molar-refractivity contribution in [2.45, 2.75) is 24.5 Å². The third kappa shape index (κ3) is 5.04. The fraction of sp³-hybridized carbons (Fsp3) is 0.533. The second kappa shape index (κ2) is 8.15. The highest BCUT2D eigenvalue weighted by Crippen LogP contribution is 2.25. The number of nitrogens with one attached hydrogen (secondary N) is 2. The van der Waals surface area contributed by atoms with Crippen LogP contribution in [0.4, 0.5) is 4.39 Å². The summed E-state index contributed by atoms with van der Waals surface area (Å²) >= 11 is 2.04. The van der Waals surface area contributed by atoms with Gasteiger partial charge in [0.15, 0.2) is 5.96 Å². The lowest BCUT2D eigenvalue weighted by molar-refractivity contribution is 0.626. The summed E-state index contributed by atoms with van der Waals surface area (Å²) in [6.45, 7) is 1.77. The highest BCUT2D eigenvalue weighted by molar-refractivity contribution is 8.00. The average molecular weight is 295 g/mol. The van der Waals surface area contributed by atoms with Crippen LogP contribution in [-0.4, -0.2) is 37.1 Å². The lowest BCUT2D eigenvalue weighted by Gasteiger charge is -2.14. The molecule has 0 aliphatic carbocycles. The molecule has 1 aliphatic rings. The summed E-state index contributed by atoms with van der Waals surface area (Å²) < 4.78 is 12.8. The van der Waals surface area contributed by atoms with Crippen molar-refractivity contribution in [1.29, 1.82) is 0 Å². The molecule has 5 heteroatoms. The molecule has 20 heavy (non-hydrogen) atoms. The van der Waals surface area contributed by atoms with Crippen LogP contribution in [0.25, 0.3) is 0 Å².